The SMILES string of the molecule is CCCC(=O)NNC(=S)NC(=O)c1ccc(OCC)cc1. The van der Waals surface area contributed by atoms with E-state index in [9.17, 15) is 9.59 Å². The van der Waals surface area contributed by atoms with Crippen molar-refractivity contribution >= 4 is 29.1 Å². The predicted molar refractivity (Wildman–Crippen MR) is 83.9 cm³/mol. The Morgan fingerprint density at radius 2 is 1.81 bits per heavy atom. The number of hydrogen-bond acceptors (Lipinski definition) is 4. The minimum absolute atomic E-state index is 0.0401. The van der Waals surface area contributed by atoms with Crippen LogP contribution < -0.4 is 20.9 Å². The van der Waals surface area contributed by atoms with E-state index in [-0.39, 0.29) is 16.9 Å². The van der Waals surface area contributed by atoms with E-state index in [2.05, 4.69) is 16.2 Å². The molecule has 0 fully saturated rings. The molecule has 21 heavy (non-hydrogen) atoms. The van der Waals surface area contributed by atoms with Crippen LogP contribution in [0.4, 0.5) is 0 Å². The normalized spacial score (nSPS) is 9.62. The molecule has 1 rings (SSSR count). The minimum atomic E-state index is -0.361. The quantitative estimate of drug-likeness (QED) is 0.568. The lowest BCUT2D eigenvalue weighted by atomic mass is 10.2. The summed E-state index contributed by atoms with van der Waals surface area (Å²) in [5.74, 6) is 0.150. The molecule has 1 aromatic carbocycles. The number of nitrogens with one attached hydrogen (secondary N) is 3. The molecule has 0 aromatic heterocycles. The van der Waals surface area contributed by atoms with Gasteiger partial charge in [-0.2, -0.15) is 0 Å². The summed E-state index contributed by atoms with van der Waals surface area (Å²) < 4.78 is 5.29. The Hall–Kier alpha value is -2.15. The van der Waals surface area contributed by atoms with Crippen molar-refractivity contribution in [3.8, 4) is 5.75 Å². The van der Waals surface area contributed by atoms with Gasteiger partial charge in [-0.25, -0.2) is 0 Å². The van der Waals surface area contributed by atoms with Gasteiger partial charge in [0.2, 0.25) is 5.91 Å². The lowest BCUT2D eigenvalue weighted by Crippen LogP contribution is -2.48. The van der Waals surface area contributed by atoms with Gasteiger partial charge in [-0.05, 0) is 49.8 Å². The average Bonchev–Trinajstić information content (AvgIpc) is 2.46. The average molecular weight is 309 g/mol. The Morgan fingerprint density at radius 3 is 2.38 bits per heavy atom. The van der Waals surface area contributed by atoms with Crippen LogP contribution in [0.5, 0.6) is 5.75 Å². The minimum Gasteiger partial charge on any atom is -0.494 e. The Labute approximate surface area is 129 Å². The number of carbonyl (C=O) groups is 2. The molecule has 0 saturated carbocycles. The Morgan fingerprint density at radius 1 is 1.14 bits per heavy atom. The third kappa shape index (κ3) is 6.22. The molecule has 114 valence electrons. The van der Waals surface area contributed by atoms with Crippen molar-refractivity contribution in [1.82, 2.24) is 16.2 Å². The summed E-state index contributed by atoms with van der Waals surface area (Å²) in [4.78, 5) is 23.1. The van der Waals surface area contributed by atoms with E-state index in [1.807, 2.05) is 13.8 Å². The summed E-state index contributed by atoms with van der Waals surface area (Å²) in [7, 11) is 0. The van der Waals surface area contributed by atoms with Crippen LogP contribution in [0, 0.1) is 0 Å². The van der Waals surface area contributed by atoms with Crippen LogP contribution in [-0.2, 0) is 4.79 Å². The van der Waals surface area contributed by atoms with Crippen molar-refractivity contribution in [3.05, 3.63) is 29.8 Å². The second-order valence-electron chi connectivity index (χ2n) is 4.16. The molecule has 0 saturated heterocycles. The zero-order valence-electron chi connectivity index (χ0n) is 12.1. The third-order valence-corrected chi connectivity index (χ3v) is 2.65. The van der Waals surface area contributed by atoms with Gasteiger partial charge in [0.15, 0.2) is 5.11 Å². The van der Waals surface area contributed by atoms with E-state index < -0.39 is 0 Å². The van der Waals surface area contributed by atoms with Crippen LogP contribution in [0.2, 0.25) is 0 Å². The Balaban J connectivity index is 2.45. The molecular formula is C14H19N3O3S. The monoisotopic (exact) mass is 309 g/mol. The maximum Gasteiger partial charge on any atom is 0.257 e. The molecule has 1 aromatic rings. The van der Waals surface area contributed by atoms with Gasteiger partial charge in [0, 0.05) is 12.0 Å². The number of rotatable bonds is 5. The molecule has 0 atom stereocenters. The number of benzene rings is 1. The first-order valence-corrected chi connectivity index (χ1v) is 7.10. The van der Waals surface area contributed by atoms with Crippen LogP contribution >= 0.6 is 12.2 Å². The molecule has 0 aliphatic rings. The second kappa shape index (κ2) is 8.91. The van der Waals surface area contributed by atoms with E-state index in [0.717, 1.165) is 6.42 Å². The fraction of sp³-hybridized carbons (Fsp3) is 0.357. The van der Waals surface area contributed by atoms with Gasteiger partial charge in [-0.3, -0.25) is 25.8 Å². The number of carbonyl (C=O) groups excluding carboxylic acids is 2. The van der Waals surface area contributed by atoms with Crippen molar-refractivity contribution in [2.45, 2.75) is 26.7 Å². The van der Waals surface area contributed by atoms with Gasteiger partial charge < -0.3 is 4.74 Å². The predicted octanol–water partition coefficient (Wildman–Crippen LogP) is 1.52. The zero-order valence-corrected chi connectivity index (χ0v) is 12.9. The number of thiocarbonyl (C=S) groups is 1. The van der Waals surface area contributed by atoms with E-state index >= 15 is 0 Å². The Bertz CT molecular complexity index is 503. The molecule has 0 radical (unpaired) electrons. The smallest absolute Gasteiger partial charge is 0.257 e. The van der Waals surface area contributed by atoms with Crippen molar-refractivity contribution in [2.24, 2.45) is 0 Å². The Kier molecular flexibility index (Phi) is 7.17. The van der Waals surface area contributed by atoms with Crippen molar-refractivity contribution in [1.29, 1.82) is 0 Å². The molecule has 3 N–H and O–H groups in total. The zero-order chi connectivity index (χ0) is 15.7. The molecule has 0 spiro atoms. The molecule has 0 aliphatic heterocycles. The van der Waals surface area contributed by atoms with E-state index in [1.54, 1.807) is 24.3 Å². The lowest BCUT2D eigenvalue weighted by Gasteiger charge is -2.10. The molecule has 2 amide bonds. The molecule has 0 bridgehead atoms. The third-order valence-electron chi connectivity index (χ3n) is 2.45. The van der Waals surface area contributed by atoms with Gasteiger partial charge in [-0.1, -0.05) is 6.92 Å². The first kappa shape index (κ1) is 16.9. The van der Waals surface area contributed by atoms with Gasteiger partial charge in [-0.15, -0.1) is 0 Å². The molecule has 0 aliphatic carbocycles. The fourth-order valence-electron chi connectivity index (χ4n) is 1.49. The number of hydrazine groups is 1. The summed E-state index contributed by atoms with van der Waals surface area (Å²) in [6.45, 7) is 4.35. The van der Waals surface area contributed by atoms with E-state index in [4.69, 9.17) is 17.0 Å². The topological polar surface area (TPSA) is 79.5 Å². The molecule has 6 nitrogen and oxygen atoms in total. The highest BCUT2D eigenvalue weighted by molar-refractivity contribution is 7.80. The molecule has 0 heterocycles. The van der Waals surface area contributed by atoms with Crippen molar-refractivity contribution in [3.63, 3.8) is 0 Å². The summed E-state index contributed by atoms with van der Waals surface area (Å²) >= 11 is 4.92. The van der Waals surface area contributed by atoms with E-state index in [1.165, 1.54) is 0 Å². The summed E-state index contributed by atoms with van der Waals surface area (Å²) in [5.41, 5.74) is 5.32. The van der Waals surface area contributed by atoms with Crippen molar-refractivity contribution in [2.75, 3.05) is 6.61 Å². The number of ether oxygens (including phenoxy) is 1. The molecular weight excluding hydrogens is 290 g/mol. The van der Waals surface area contributed by atoms with Crippen LogP contribution in [0.1, 0.15) is 37.0 Å². The largest absolute Gasteiger partial charge is 0.494 e. The fourth-order valence-corrected chi connectivity index (χ4v) is 1.64. The highest BCUT2D eigenvalue weighted by Crippen LogP contribution is 2.11. The maximum atomic E-state index is 11.9. The van der Waals surface area contributed by atoms with Crippen LogP contribution in [-0.4, -0.2) is 23.5 Å². The van der Waals surface area contributed by atoms with Gasteiger partial charge >= 0.3 is 0 Å². The number of amides is 2. The van der Waals surface area contributed by atoms with Gasteiger partial charge in [0.05, 0.1) is 6.61 Å². The van der Waals surface area contributed by atoms with Gasteiger partial charge in [0.1, 0.15) is 5.75 Å². The highest BCUT2D eigenvalue weighted by atomic mass is 32.1. The van der Waals surface area contributed by atoms with E-state index in [0.29, 0.717) is 24.3 Å². The van der Waals surface area contributed by atoms with Crippen LogP contribution in [0.15, 0.2) is 24.3 Å². The second-order valence-corrected chi connectivity index (χ2v) is 4.57. The summed E-state index contributed by atoms with van der Waals surface area (Å²) in [6, 6.07) is 6.69. The van der Waals surface area contributed by atoms with Crippen molar-refractivity contribution < 1.29 is 14.3 Å². The standard InChI is InChI=1S/C14H19N3O3S/c1-3-5-12(18)16-17-14(21)15-13(19)10-6-8-11(9-7-10)20-4-2/h6-9H,3-5H2,1-2H3,(H,16,18)(H2,15,17,19,21). The maximum absolute atomic E-state index is 11.9. The number of hydrogen-bond donors (Lipinski definition) is 3. The summed E-state index contributed by atoms with van der Waals surface area (Å²) in [6.07, 6.45) is 1.13. The van der Waals surface area contributed by atoms with Crippen LogP contribution in [0.25, 0.3) is 0 Å². The first-order valence-electron chi connectivity index (χ1n) is 6.69. The highest BCUT2D eigenvalue weighted by Gasteiger charge is 2.08. The molecule has 7 heteroatoms. The van der Waals surface area contributed by atoms with Gasteiger partial charge in [0.25, 0.3) is 5.91 Å². The summed E-state index contributed by atoms with van der Waals surface area (Å²) in [5, 5.41) is 2.51. The van der Waals surface area contributed by atoms with Crippen LogP contribution in [0.3, 0.4) is 0 Å². The lowest BCUT2D eigenvalue weighted by molar-refractivity contribution is -0.121. The first-order chi connectivity index (χ1) is 10.1. The molecule has 0 unspecified atom stereocenters.